The second kappa shape index (κ2) is 15.1. The Kier molecular flexibility index (Phi) is 13.7. The number of aliphatic hydroxyl groups excluding tert-OH is 1. The fourth-order valence-electron chi connectivity index (χ4n) is 5.51. The first-order valence-corrected chi connectivity index (χ1v) is 13.3. The highest BCUT2D eigenvalue weighted by Crippen LogP contribution is 2.65. The van der Waals surface area contributed by atoms with Gasteiger partial charge >= 0.3 is 5.97 Å². The molecule has 2 rings (SSSR count). The molecule has 3 heteroatoms. The van der Waals surface area contributed by atoms with E-state index in [0.717, 1.165) is 25.2 Å². The van der Waals surface area contributed by atoms with Crippen LogP contribution in [0.4, 0.5) is 0 Å². The maximum Gasteiger partial charge on any atom is 0.303 e. The summed E-state index contributed by atoms with van der Waals surface area (Å²) in [5, 5.41) is 18.3. The SMILES string of the molecule is CC1(C)[C@@H]2CC[C@]1(C)[C@H](O)C2.CCCCCCCC/C=C\CCCCCCCC(=O)O. The van der Waals surface area contributed by atoms with E-state index in [0.29, 0.717) is 11.8 Å². The number of aliphatic carboxylic acids is 1. The summed E-state index contributed by atoms with van der Waals surface area (Å²) in [7, 11) is 0. The summed E-state index contributed by atoms with van der Waals surface area (Å²) >= 11 is 0. The van der Waals surface area contributed by atoms with Gasteiger partial charge in [-0.1, -0.05) is 91.2 Å². The molecule has 0 aliphatic heterocycles. The zero-order valence-corrected chi connectivity index (χ0v) is 21.1. The van der Waals surface area contributed by atoms with Crippen molar-refractivity contribution in [1.29, 1.82) is 0 Å². The molecule has 0 aromatic rings. The summed E-state index contributed by atoms with van der Waals surface area (Å²) < 4.78 is 0. The third-order valence-corrected chi connectivity index (χ3v) is 8.40. The Morgan fingerprint density at radius 1 is 0.871 bits per heavy atom. The van der Waals surface area contributed by atoms with Crippen molar-refractivity contribution in [2.75, 3.05) is 0 Å². The minimum atomic E-state index is -0.664. The van der Waals surface area contributed by atoms with Crippen molar-refractivity contribution in [1.82, 2.24) is 0 Å². The van der Waals surface area contributed by atoms with E-state index in [4.69, 9.17) is 5.11 Å². The van der Waals surface area contributed by atoms with E-state index in [-0.39, 0.29) is 11.5 Å². The molecule has 2 fully saturated rings. The van der Waals surface area contributed by atoms with Crippen LogP contribution in [-0.2, 0) is 4.79 Å². The van der Waals surface area contributed by atoms with Gasteiger partial charge in [0.15, 0.2) is 0 Å². The minimum Gasteiger partial charge on any atom is -0.481 e. The highest BCUT2D eigenvalue weighted by molar-refractivity contribution is 5.66. The van der Waals surface area contributed by atoms with Crippen LogP contribution in [0.2, 0.25) is 0 Å². The van der Waals surface area contributed by atoms with Gasteiger partial charge in [-0.05, 0) is 68.1 Å². The van der Waals surface area contributed by atoms with Crippen molar-refractivity contribution in [3.05, 3.63) is 12.2 Å². The number of rotatable bonds is 15. The van der Waals surface area contributed by atoms with Gasteiger partial charge in [-0.3, -0.25) is 4.79 Å². The topological polar surface area (TPSA) is 57.5 Å². The molecular weight excluding hydrogens is 384 g/mol. The van der Waals surface area contributed by atoms with E-state index in [1.165, 1.54) is 83.5 Å². The number of carboxylic acid groups (broad SMARTS) is 1. The molecule has 2 saturated carbocycles. The normalized spacial score (nSPS) is 26.2. The average molecular weight is 437 g/mol. The highest BCUT2D eigenvalue weighted by atomic mass is 16.4. The Labute approximate surface area is 193 Å². The van der Waals surface area contributed by atoms with E-state index in [1.54, 1.807) is 0 Å². The van der Waals surface area contributed by atoms with Gasteiger partial charge in [0.2, 0.25) is 0 Å². The van der Waals surface area contributed by atoms with E-state index in [2.05, 4.69) is 39.8 Å². The zero-order valence-electron chi connectivity index (χ0n) is 21.1. The fraction of sp³-hybridized carbons (Fsp3) is 0.893. The monoisotopic (exact) mass is 436 g/mol. The van der Waals surface area contributed by atoms with Crippen molar-refractivity contribution in [3.8, 4) is 0 Å². The van der Waals surface area contributed by atoms with Crippen LogP contribution in [0.15, 0.2) is 12.2 Å². The lowest BCUT2D eigenvalue weighted by atomic mass is 9.70. The molecule has 2 aliphatic rings. The first-order chi connectivity index (χ1) is 14.8. The largest absolute Gasteiger partial charge is 0.481 e. The summed E-state index contributed by atoms with van der Waals surface area (Å²) in [4.78, 5) is 10.3. The number of allylic oxidation sites excluding steroid dienone is 2. The predicted octanol–water partition coefficient (Wildman–Crippen LogP) is 8.30. The van der Waals surface area contributed by atoms with E-state index in [1.807, 2.05) is 0 Å². The predicted molar refractivity (Wildman–Crippen MR) is 132 cm³/mol. The molecule has 3 atom stereocenters. The molecule has 182 valence electrons. The second-order valence-corrected chi connectivity index (χ2v) is 10.9. The van der Waals surface area contributed by atoms with Crippen molar-refractivity contribution < 1.29 is 15.0 Å². The van der Waals surface area contributed by atoms with E-state index in [9.17, 15) is 9.90 Å². The molecule has 3 nitrogen and oxygen atoms in total. The van der Waals surface area contributed by atoms with Crippen LogP contribution in [0.1, 0.15) is 137 Å². The number of carbonyl (C=O) groups is 1. The van der Waals surface area contributed by atoms with Gasteiger partial charge in [-0.15, -0.1) is 0 Å². The number of hydrogen-bond donors (Lipinski definition) is 2. The molecule has 0 unspecified atom stereocenters. The van der Waals surface area contributed by atoms with Crippen molar-refractivity contribution >= 4 is 5.97 Å². The molecule has 0 aromatic heterocycles. The zero-order chi connectivity index (χ0) is 23.2. The first-order valence-electron chi connectivity index (χ1n) is 13.3. The van der Waals surface area contributed by atoms with Crippen LogP contribution >= 0.6 is 0 Å². The fourth-order valence-corrected chi connectivity index (χ4v) is 5.51. The molecule has 0 saturated heterocycles. The van der Waals surface area contributed by atoms with E-state index >= 15 is 0 Å². The number of aliphatic hydroxyl groups is 1. The summed E-state index contributed by atoms with van der Waals surface area (Å²) in [5.41, 5.74) is 0.601. The van der Waals surface area contributed by atoms with Gasteiger partial charge in [0.1, 0.15) is 0 Å². The van der Waals surface area contributed by atoms with Gasteiger partial charge in [-0.2, -0.15) is 0 Å². The highest BCUT2D eigenvalue weighted by Gasteiger charge is 2.60. The lowest BCUT2D eigenvalue weighted by molar-refractivity contribution is -0.137. The van der Waals surface area contributed by atoms with E-state index < -0.39 is 5.97 Å². The Balaban J connectivity index is 0.000000361. The lowest BCUT2D eigenvalue weighted by Gasteiger charge is -2.36. The number of carboxylic acids is 1. The average Bonchev–Trinajstić information content (AvgIpc) is 3.04. The summed E-state index contributed by atoms with van der Waals surface area (Å²) in [5.74, 6) is 0.116. The molecule has 0 spiro atoms. The second-order valence-electron chi connectivity index (χ2n) is 10.9. The molecular formula is C28H52O3. The van der Waals surface area contributed by atoms with Crippen LogP contribution < -0.4 is 0 Å². The van der Waals surface area contributed by atoms with Crippen molar-refractivity contribution in [2.45, 2.75) is 143 Å². The van der Waals surface area contributed by atoms with Gasteiger partial charge in [-0.25, -0.2) is 0 Å². The van der Waals surface area contributed by atoms with Gasteiger partial charge in [0, 0.05) is 6.42 Å². The number of unbranched alkanes of at least 4 members (excludes halogenated alkanes) is 11. The van der Waals surface area contributed by atoms with Crippen LogP contribution in [0.5, 0.6) is 0 Å². The van der Waals surface area contributed by atoms with Gasteiger partial charge in [0.25, 0.3) is 0 Å². The molecule has 2 N–H and O–H groups in total. The van der Waals surface area contributed by atoms with Crippen LogP contribution in [0, 0.1) is 16.7 Å². The summed E-state index contributed by atoms with van der Waals surface area (Å²) in [6.07, 6.45) is 24.8. The Hall–Kier alpha value is -0.830. The third-order valence-electron chi connectivity index (χ3n) is 8.40. The third kappa shape index (κ3) is 9.68. The Morgan fingerprint density at radius 3 is 1.77 bits per heavy atom. The molecule has 0 radical (unpaired) electrons. The van der Waals surface area contributed by atoms with Crippen molar-refractivity contribution in [2.24, 2.45) is 16.7 Å². The molecule has 2 aliphatic carbocycles. The minimum absolute atomic E-state index is 0.0313. The smallest absolute Gasteiger partial charge is 0.303 e. The quantitative estimate of drug-likeness (QED) is 0.200. The van der Waals surface area contributed by atoms with Gasteiger partial charge < -0.3 is 10.2 Å². The molecule has 0 heterocycles. The number of fused-ring (bicyclic) bond motifs is 2. The molecule has 2 bridgehead atoms. The molecule has 0 aromatic carbocycles. The lowest BCUT2D eigenvalue weighted by Crippen LogP contribution is -2.35. The van der Waals surface area contributed by atoms with Crippen LogP contribution in [0.3, 0.4) is 0 Å². The number of hydrogen-bond acceptors (Lipinski definition) is 2. The molecule has 0 amide bonds. The van der Waals surface area contributed by atoms with Crippen LogP contribution in [0.25, 0.3) is 0 Å². The summed E-state index contributed by atoms with van der Waals surface area (Å²) in [6.45, 7) is 9.15. The Bertz CT molecular complexity index is 510. The first kappa shape index (κ1) is 28.2. The van der Waals surface area contributed by atoms with Crippen LogP contribution in [-0.4, -0.2) is 22.3 Å². The standard InChI is InChI=1S/C18H34O2.C10H18O/c1-2-3-4-5-6-7-8-9-10-11-12-13-14-15-16-17-18(19)20;1-9(2)7-4-5-10(9,3)8(11)6-7/h9-10H,2-8,11-17H2,1H3,(H,19,20);7-8,11H,4-6H2,1-3H3/b10-9-;/t;7-,8-,10-/m.1/s1. The molecule has 31 heavy (non-hydrogen) atoms. The maximum absolute atomic E-state index is 10.3. The van der Waals surface area contributed by atoms with Gasteiger partial charge in [0.05, 0.1) is 6.10 Å². The summed E-state index contributed by atoms with van der Waals surface area (Å²) in [6, 6.07) is 0. The Morgan fingerprint density at radius 2 is 1.39 bits per heavy atom. The van der Waals surface area contributed by atoms with Crippen molar-refractivity contribution in [3.63, 3.8) is 0 Å². The maximum atomic E-state index is 10.3.